The first-order valence-corrected chi connectivity index (χ1v) is 8.64. The summed E-state index contributed by atoms with van der Waals surface area (Å²) in [4.78, 5) is 12.4. The van der Waals surface area contributed by atoms with Crippen molar-refractivity contribution in [2.45, 2.75) is 57.8 Å². The summed E-state index contributed by atoms with van der Waals surface area (Å²) in [5.74, 6) is -0.0936. The van der Waals surface area contributed by atoms with Gasteiger partial charge in [-0.3, -0.25) is 4.79 Å². The van der Waals surface area contributed by atoms with E-state index in [1.807, 2.05) is 45.9 Å². The average Bonchev–Trinajstić information content (AvgIpc) is 3.11. The van der Waals surface area contributed by atoms with Crippen molar-refractivity contribution in [1.29, 1.82) is 0 Å². The van der Waals surface area contributed by atoms with Crippen LogP contribution < -0.4 is 10.8 Å². The monoisotopic (exact) mass is 331 g/mol. The Balaban J connectivity index is 1.67. The van der Waals surface area contributed by atoms with Crippen LogP contribution in [-0.4, -0.2) is 43.5 Å². The molecule has 1 N–H and O–H groups in total. The Morgan fingerprint density at radius 2 is 1.96 bits per heavy atom. The van der Waals surface area contributed by atoms with Gasteiger partial charge in [0.25, 0.3) is 5.91 Å². The highest BCUT2D eigenvalue weighted by molar-refractivity contribution is 6.62. The molecule has 5 nitrogen and oxygen atoms in total. The number of carbonyl (C=O) groups is 1. The first-order valence-electron chi connectivity index (χ1n) is 8.64. The van der Waals surface area contributed by atoms with Crippen LogP contribution in [0.3, 0.4) is 0 Å². The van der Waals surface area contributed by atoms with Gasteiger partial charge in [0.05, 0.1) is 17.3 Å². The number of amides is 1. The lowest BCUT2D eigenvalue weighted by atomic mass is 9.78. The zero-order chi connectivity index (χ0) is 17.4. The molecular formula is C18H26BNO4. The zero-order valence-corrected chi connectivity index (χ0v) is 14.9. The van der Waals surface area contributed by atoms with Crippen molar-refractivity contribution in [2.24, 2.45) is 0 Å². The van der Waals surface area contributed by atoms with E-state index in [1.54, 1.807) is 6.07 Å². The molecular weight excluding hydrogens is 305 g/mol. The zero-order valence-electron chi connectivity index (χ0n) is 14.9. The molecule has 0 spiro atoms. The molecule has 0 saturated carbocycles. The SMILES string of the molecule is CC1(C)OB(c2cccc(C(=O)NC[C@@H]3CCCO3)c2)OC1(C)C. The second-order valence-corrected chi connectivity index (χ2v) is 7.56. The summed E-state index contributed by atoms with van der Waals surface area (Å²) in [6.07, 6.45) is 2.21. The molecule has 0 radical (unpaired) electrons. The maximum atomic E-state index is 12.4. The van der Waals surface area contributed by atoms with Gasteiger partial charge in [0.2, 0.25) is 0 Å². The van der Waals surface area contributed by atoms with Crippen molar-refractivity contribution >= 4 is 18.5 Å². The Morgan fingerprint density at radius 3 is 2.58 bits per heavy atom. The molecule has 3 rings (SSSR count). The number of rotatable bonds is 4. The van der Waals surface area contributed by atoms with Crippen LogP contribution in [0.4, 0.5) is 0 Å². The summed E-state index contributed by atoms with van der Waals surface area (Å²) in [5, 5.41) is 2.95. The lowest BCUT2D eigenvalue weighted by Gasteiger charge is -2.32. The second kappa shape index (κ2) is 6.50. The number of carbonyl (C=O) groups excluding carboxylic acids is 1. The fourth-order valence-electron chi connectivity index (χ4n) is 2.92. The Hall–Kier alpha value is -1.37. The summed E-state index contributed by atoms with van der Waals surface area (Å²) in [7, 11) is -0.457. The lowest BCUT2D eigenvalue weighted by molar-refractivity contribution is 0.00578. The minimum absolute atomic E-state index is 0.0936. The van der Waals surface area contributed by atoms with Crippen LogP contribution in [-0.2, 0) is 14.0 Å². The summed E-state index contributed by atoms with van der Waals surface area (Å²) in [6, 6.07) is 7.44. The third kappa shape index (κ3) is 3.51. The van der Waals surface area contributed by atoms with E-state index in [4.69, 9.17) is 14.0 Å². The summed E-state index contributed by atoms with van der Waals surface area (Å²) < 4.78 is 17.6. The molecule has 1 amide bonds. The third-order valence-electron chi connectivity index (χ3n) is 5.19. The predicted molar refractivity (Wildman–Crippen MR) is 93.5 cm³/mol. The molecule has 2 fully saturated rings. The van der Waals surface area contributed by atoms with Crippen LogP contribution in [0.15, 0.2) is 24.3 Å². The highest BCUT2D eigenvalue weighted by Gasteiger charge is 2.51. The van der Waals surface area contributed by atoms with Gasteiger partial charge >= 0.3 is 7.12 Å². The molecule has 24 heavy (non-hydrogen) atoms. The quantitative estimate of drug-likeness (QED) is 0.856. The van der Waals surface area contributed by atoms with E-state index in [0.29, 0.717) is 12.1 Å². The van der Waals surface area contributed by atoms with Crippen LogP contribution >= 0.6 is 0 Å². The smallest absolute Gasteiger partial charge is 0.399 e. The highest BCUT2D eigenvalue weighted by atomic mass is 16.7. The molecule has 1 aromatic rings. The van der Waals surface area contributed by atoms with E-state index < -0.39 is 18.3 Å². The van der Waals surface area contributed by atoms with Crippen LogP contribution in [0.2, 0.25) is 0 Å². The van der Waals surface area contributed by atoms with Crippen molar-refractivity contribution in [3.05, 3.63) is 29.8 Å². The molecule has 2 heterocycles. The molecule has 2 aliphatic rings. The molecule has 0 aromatic heterocycles. The first-order chi connectivity index (χ1) is 11.3. The van der Waals surface area contributed by atoms with Gasteiger partial charge in [-0.1, -0.05) is 12.1 Å². The number of nitrogens with one attached hydrogen (secondary N) is 1. The van der Waals surface area contributed by atoms with Gasteiger partial charge in [0.15, 0.2) is 0 Å². The molecule has 6 heteroatoms. The number of ether oxygens (including phenoxy) is 1. The Kier molecular flexibility index (Phi) is 4.73. The lowest BCUT2D eigenvalue weighted by Crippen LogP contribution is -2.41. The Bertz CT molecular complexity index is 595. The molecule has 1 aromatic carbocycles. The van der Waals surface area contributed by atoms with Gasteiger partial charge in [-0.2, -0.15) is 0 Å². The van der Waals surface area contributed by atoms with Gasteiger partial charge in [-0.05, 0) is 58.1 Å². The van der Waals surface area contributed by atoms with Gasteiger partial charge in [-0.25, -0.2) is 0 Å². The summed E-state index contributed by atoms with van der Waals surface area (Å²) in [6.45, 7) is 9.42. The fraction of sp³-hybridized carbons (Fsp3) is 0.611. The standard InChI is InChI=1S/C18H26BNO4/c1-17(2)18(3,4)24-19(23-17)14-8-5-7-13(11-14)16(21)20-12-15-9-6-10-22-15/h5,7-8,11,15H,6,9-10,12H2,1-4H3,(H,20,21)/t15-/m0/s1. The molecule has 0 unspecified atom stereocenters. The van der Waals surface area contributed by atoms with Gasteiger partial charge in [-0.15, -0.1) is 0 Å². The second-order valence-electron chi connectivity index (χ2n) is 7.56. The van der Waals surface area contributed by atoms with Gasteiger partial charge in [0.1, 0.15) is 0 Å². The Labute approximate surface area is 144 Å². The predicted octanol–water partition coefficient (Wildman–Crippen LogP) is 1.89. The largest absolute Gasteiger partial charge is 0.494 e. The first kappa shape index (κ1) is 17.5. The molecule has 0 bridgehead atoms. The fourth-order valence-corrected chi connectivity index (χ4v) is 2.92. The van der Waals surface area contributed by atoms with Crippen molar-refractivity contribution in [3.8, 4) is 0 Å². The van der Waals surface area contributed by atoms with E-state index in [9.17, 15) is 4.79 Å². The van der Waals surface area contributed by atoms with Crippen molar-refractivity contribution < 1.29 is 18.8 Å². The Morgan fingerprint density at radius 1 is 1.25 bits per heavy atom. The van der Waals surface area contributed by atoms with Crippen molar-refractivity contribution in [1.82, 2.24) is 5.32 Å². The molecule has 2 aliphatic heterocycles. The van der Waals surface area contributed by atoms with Crippen LogP contribution in [0.25, 0.3) is 0 Å². The van der Waals surface area contributed by atoms with E-state index >= 15 is 0 Å². The van der Waals surface area contributed by atoms with Crippen LogP contribution in [0, 0.1) is 0 Å². The van der Waals surface area contributed by atoms with E-state index in [-0.39, 0.29) is 12.0 Å². The van der Waals surface area contributed by atoms with Crippen LogP contribution in [0.5, 0.6) is 0 Å². The topological polar surface area (TPSA) is 56.8 Å². The maximum Gasteiger partial charge on any atom is 0.494 e. The normalized spacial score (nSPS) is 25.0. The van der Waals surface area contributed by atoms with E-state index in [1.165, 1.54) is 0 Å². The number of hydrogen-bond acceptors (Lipinski definition) is 4. The summed E-state index contributed by atoms with van der Waals surface area (Å²) in [5.41, 5.74) is 0.685. The average molecular weight is 331 g/mol. The van der Waals surface area contributed by atoms with Crippen molar-refractivity contribution in [3.63, 3.8) is 0 Å². The van der Waals surface area contributed by atoms with Gasteiger partial charge < -0.3 is 19.4 Å². The molecule has 2 saturated heterocycles. The highest BCUT2D eigenvalue weighted by Crippen LogP contribution is 2.36. The number of benzene rings is 1. The molecule has 1 atom stereocenters. The maximum absolute atomic E-state index is 12.4. The van der Waals surface area contributed by atoms with E-state index in [0.717, 1.165) is 24.9 Å². The van der Waals surface area contributed by atoms with Crippen molar-refractivity contribution in [2.75, 3.05) is 13.2 Å². The molecule has 0 aliphatic carbocycles. The van der Waals surface area contributed by atoms with Gasteiger partial charge in [0, 0.05) is 18.7 Å². The summed E-state index contributed by atoms with van der Waals surface area (Å²) >= 11 is 0. The third-order valence-corrected chi connectivity index (χ3v) is 5.19. The minimum atomic E-state index is -0.457. The number of hydrogen-bond donors (Lipinski definition) is 1. The van der Waals surface area contributed by atoms with Crippen LogP contribution in [0.1, 0.15) is 50.9 Å². The van der Waals surface area contributed by atoms with E-state index in [2.05, 4.69) is 5.32 Å². The molecule has 130 valence electrons. The minimum Gasteiger partial charge on any atom is -0.399 e.